The van der Waals surface area contributed by atoms with E-state index < -0.39 is 28.1 Å². The van der Waals surface area contributed by atoms with Crippen molar-refractivity contribution < 1.29 is 32.2 Å². The number of hydrogen-bond acceptors (Lipinski definition) is 7. The minimum absolute atomic E-state index is 0.00261. The molecular formula is C23H29N3O7S. The number of hydrogen-bond donors (Lipinski definition) is 2. The van der Waals surface area contributed by atoms with Crippen LogP contribution in [0.4, 0.5) is 0 Å². The van der Waals surface area contributed by atoms with Gasteiger partial charge < -0.3 is 24.8 Å². The van der Waals surface area contributed by atoms with Gasteiger partial charge >= 0.3 is 11.8 Å². The third kappa shape index (κ3) is 6.04. The van der Waals surface area contributed by atoms with E-state index in [9.17, 15) is 18.0 Å². The smallest absolute Gasteiger partial charge is 0.309 e. The first-order valence-electron chi connectivity index (χ1n) is 10.7. The molecule has 1 aliphatic rings. The van der Waals surface area contributed by atoms with E-state index >= 15 is 0 Å². The number of ether oxygens (including phenoxy) is 3. The highest BCUT2D eigenvalue weighted by molar-refractivity contribution is 7.89. The fourth-order valence-electron chi connectivity index (χ4n) is 3.44. The number of carbonyl (C=O) groups excluding carboxylic acids is 2. The second-order valence-corrected chi connectivity index (χ2v) is 9.58. The van der Waals surface area contributed by atoms with Crippen molar-refractivity contribution in [2.75, 3.05) is 33.9 Å². The Hall–Kier alpha value is -3.15. The molecule has 1 heterocycles. The Morgan fingerprint density at radius 3 is 2.38 bits per heavy atom. The van der Waals surface area contributed by atoms with E-state index in [4.69, 9.17) is 14.2 Å². The summed E-state index contributed by atoms with van der Waals surface area (Å²) >= 11 is 0. The molecule has 2 aromatic rings. The highest BCUT2D eigenvalue weighted by atomic mass is 32.2. The summed E-state index contributed by atoms with van der Waals surface area (Å²) in [5.74, 6) is -1.01. The van der Waals surface area contributed by atoms with Crippen LogP contribution in [0.2, 0.25) is 0 Å². The van der Waals surface area contributed by atoms with Gasteiger partial charge in [0.05, 0.1) is 32.3 Å². The monoisotopic (exact) mass is 491 g/mol. The normalized spacial score (nSPS) is 16.5. The summed E-state index contributed by atoms with van der Waals surface area (Å²) in [6, 6.07) is 11.8. The zero-order valence-corrected chi connectivity index (χ0v) is 20.2. The van der Waals surface area contributed by atoms with Gasteiger partial charge in [-0.3, -0.25) is 9.59 Å². The lowest BCUT2D eigenvalue weighted by atomic mass is 10.1. The lowest BCUT2D eigenvalue weighted by Crippen LogP contribution is -2.53. The van der Waals surface area contributed by atoms with Crippen molar-refractivity contribution >= 4 is 21.8 Å². The minimum Gasteiger partial charge on any atom is -0.493 e. The van der Waals surface area contributed by atoms with E-state index in [0.717, 1.165) is 11.1 Å². The molecule has 11 heteroatoms. The van der Waals surface area contributed by atoms with Crippen molar-refractivity contribution in [3.8, 4) is 11.5 Å². The topological polar surface area (TPSA) is 123 Å². The summed E-state index contributed by atoms with van der Waals surface area (Å²) in [7, 11) is -1.09. The van der Waals surface area contributed by atoms with Gasteiger partial charge in [-0.15, -0.1) is 0 Å². The SMILES string of the molecule is COc1ccc(S(=O)(=O)N2CCCO[C@H]2CNC(=O)C(=O)NCc2ccc(C)cc2)cc1OC. The summed E-state index contributed by atoms with van der Waals surface area (Å²) in [6.07, 6.45) is -0.464. The molecular weight excluding hydrogens is 462 g/mol. The summed E-state index contributed by atoms with van der Waals surface area (Å²) in [5, 5.41) is 5.01. The zero-order valence-electron chi connectivity index (χ0n) is 19.4. The van der Waals surface area contributed by atoms with Crippen LogP contribution in [0.5, 0.6) is 11.5 Å². The third-order valence-corrected chi connectivity index (χ3v) is 7.22. The third-order valence-electron chi connectivity index (χ3n) is 5.33. The van der Waals surface area contributed by atoms with Crippen molar-refractivity contribution in [1.29, 1.82) is 0 Å². The maximum atomic E-state index is 13.3. The number of carbonyl (C=O) groups is 2. The molecule has 184 valence electrons. The standard InChI is InChI=1S/C23H29N3O7S/c1-16-5-7-17(8-6-16)14-24-22(27)23(28)25-15-21-26(11-4-12-33-21)34(29,30)18-9-10-19(31-2)20(13-18)32-3/h5-10,13,21H,4,11-12,14-15H2,1-3H3,(H,24,27)(H,25,28)/t21-/m0/s1. The fraction of sp³-hybridized carbons (Fsp3) is 0.391. The molecule has 1 aliphatic heterocycles. The maximum absolute atomic E-state index is 13.3. The van der Waals surface area contributed by atoms with Gasteiger partial charge in [-0.25, -0.2) is 8.42 Å². The number of rotatable bonds is 8. The van der Waals surface area contributed by atoms with Gasteiger partial charge in [0.15, 0.2) is 11.5 Å². The second kappa shape index (κ2) is 11.3. The summed E-state index contributed by atoms with van der Waals surface area (Å²) < 4.78 is 43.7. The molecule has 0 unspecified atom stereocenters. The van der Waals surface area contributed by atoms with E-state index in [1.165, 1.54) is 36.7 Å². The summed E-state index contributed by atoms with van der Waals surface area (Å²) in [5.41, 5.74) is 1.95. The van der Waals surface area contributed by atoms with Crippen LogP contribution in [0.15, 0.2) is 47.4 Å². The van der Waals surface area contributed by atoms with E-state index in [2.05, 4.69) is 10.6 Å². The lowest BCUT2D eigenvalue weighted by molar-refractivity contribution is -0.140. The number of amides is 2. The summed E-state index contributed by atoms with van der Waals surface area (Å²) in [4.78, 5) is 24.4. The quantitative estimate of drug-likeness (QED) is 0.532. The highest BCUT2D eigenvalue weighted by Crippen LogP contribution is 2.31. The highest BCUT2D eigenvalue weighted by Gasteiger charge is 2.35. The van der Waals surface area contributed by atoms with Crippen LogP contribution in [0, 0.1) is 6.92 Å². The van der Waals surface area contributed by atoms with Gasteiger partial charge in [0, 0.05) is 19.2 Å². The van der Waals surface area contributed by atoms with Crippen LogP contribution < -0.4 is 20.1 Å². The molecule has 2 amide bonds. The molecule has 3 rings (SSSR count). The van der Waals surface area contributed by atoms with E-state index in [1.54, 1.807) is 0 Å². The molecule has 0 bridgehead atoms. The van der Waals surface area contributed by atoms with Crippen LogP contribution in [0.1, 0.15) is 17.5 Å². The van der Waals surface area contributed by atoms with Crippen molar-refractivity contribution in [3.05, 3.63) is 53.6 Å². The molecule has 0 aliphatic carbocycles. The Morgan fingerprint density at radius 2 is 1.71 bits per heavy atom. The minimum atomic E-state index is -3.97. The molecule has 1 saturated heterocycles. The Balaban J connectivity index is 1.63. The predicted molar refractivity (Wildman–Crippen MR) is 124 cm³/mol. The Labute approximate surface area is 199 Å². The number of aryl methyl sites for hydroxylation is 1. The largest absolute Gasteiger partial charge is 0.493 e. The molecule has 0 radical (unpaired) electrons. The van der Waals surface area contributed by atoms with Crippen LogP contribution in [-0.4, -0.2) is 64.7 Å². The van der Waals surface area contributed by atoms with Crippen molar-refractivity contribution in [3.63, 3.8) is 0 Å². The van der Waals surface area contributed by atoms with Gasteiger partial charge in [0.1, 0.15) is 6.23 Å². The number of methoxy groups -OCH3 is 2. The van der Waals surface area contributed by atoms with Crippen LogP contribution in [0.25, 0.3) is 0 Å². The summed E-state index contributed by atoms with van der Waals surface area (Å²) in [6.45, 7) is 2.52. The van der Waals surface area contributed by atoms with E-state index in [0.29, 0.717) is 18.8 Å². The Bertz CT molecular complexity index is 1120. The van der Waals surface area contributed by atoms with Crippen LogP contribution in [0.3, 0.4) is 0 Å². The molecule has 1 fully saturated rings. The van der Waals surface area contributed by atoms with Gasteiger partial charge in [0.2, 0.25) is 10.0 Å². The van der Waals surface area contributed by atoms with Crippen molar-refractivity contribution in [2.45, 2.75) is 31.0 Å². The number of nitrogens with one attached hydrogen (secondary N) is 2. The fourth-order valence-corrected chi connectivity index (χ4v) is 5.02. The Morgan fingerprint density at radius 1 is 1.03 bits per heavy atom. The van der Waals surface area contributed by atoms with Crippen LogP contribution in [-0.2, 0) is 30.9 Å². The molecule has 1 atom stereocenters. The molecule has 0 spiro atoms. The molecule has 34 heavy (non-hydrogen) atoms. The average molecular weight is 492 g/mol. The molecule has 2 N–H and O–H groups in total. The number of nitrogens with zero attached hydrogens (tertiary/aromatic N) is 1. The lowest BCUT2D eigenvalue weighted by Gasteiger charge is -2.34. The van der Waals surface area contributed by atoms with Gasteiger partial charge in [0.25, 0.3) is 0 Å². The number of benzene rings is 2. The van der Waals surface area contributed by atoms with Crippen molar-refractivity contribution in [1.82, 2.24) is 14.9 Å². The molecule has 2 aromatic carbocycles. The predicted octanol–water partition coefficient (Wildman–Crippen LogP) is 1.18. The van der Waals surface area contributed by atoms with Gasteiger partial charge in [-0.1, -0.05) is 29.8 Å². The van der Waals surface area contributed by atoms with Gasteiger partial charge in [-0.2, -0.15) is 4.31 Å². The Kier molecular flexibility index (Phi) is 8.48. The first kappa shape index (κ1) is 25.5. The zero-order chi connectivity index (χ0) is 24.7. The average Bonchev–Trinajstić information content (AvgIpc) is 2.86. The first-order chi connectivity index (χ1) is 16.3. The molecule has 10 nitrogen and oxygen atoms in total. The molecule has 0 saturated carbocycles. The van der Waals surface area contributed by atoms with Gasteiger partial charge in [-0.05, 0) is 31.0 Å². The first-order valence-corrected chi connectivity index (χ1v) is 12.2. The number of sulfonamides is 1. The maximum Gasteiger partial charge on any atom is 0.309 e. The molecule has 0 aromatic heterocycles. The van der Waals surface area contributed by atoms with Crippen molar-refractivity contribution in [2.24, 2.45) is 0 Å². The van der Waals surface area contributed by atoms with E-state index in [1.807, 2.05) is 31.2 Å². The van der Waals surface area contributed by atoms with Crippen LogP contribution >= 0.6 is 0 Å². The second-order valence-electron chi connectivity index (χ2n) is 7.69. The van der Waals surface area contributed by atoms with E-state index in [-0.39, 0.29) is 30.3 Å².